The van der Waals surface area contributed by atoms with Gasteiger partial charge in [0.2, 0.25) is 5.91 Å². The molecule has 1 saturated carbocycles. The summed E-state index contributed by atoms with van der Waals surface area (Å²) in [6, 6.07) is 10.4. The number of carbonyl (C=O) groups is 1. The number of nitrogens with one attached hydrogen (secondary N) is 2. The number of rotatable bonds is 6. The van der Waals surface area contributed by atoms with Gasteiger partial charge in [0.25, 0.3) is 0 Å². The lowest BCUT2D eigenvalue weighted by Gasteiger charge is -2.23. The van der Waals surface area contributed by atoms with Crippen LogP contribution in [-0.4, -0.2) is 25.5 Å². The van der Waals surface area contributed by atoms with Gasteiger partial charge in [-0.15, -0.1) is 12.4 Å². The second kappa shape index (κ2) is 7.98. The number of piperidine rings is 1. The van der Waals surface area contributed by atoms with Crippen molar-refractivity contribution >= 4 is 18.3 Å². The van der Waals surface area contributed by atoms with Crippen LogP contribution in [0, 0.1) is 11.3 Å². The average molecular weight is 323 g/mol. The monoisotopic (exact) mass is 322 g/mol. The van der Waals surface area contributed by atoms with Gasteiger partial charge in [0.05, 0.1) is 5.41 Å². The molecule has 0 radical (unpaired) electrons. The number of benzene rings is 1. The smallest absolute Gasteiger partial charge is 0.226 e. The Labute approximate surface area is 139 Å². The lowest BCUT2D eigenvalue weighted by Crippen LogP contribution is -2.36. The molecular formula is C18H27ClN2O. The predicted octanol–water partition coefficient (Wildman–Crippen LogP) is 2.94. The van der Waals surface area contributed by atoms with Crippen LogP contribution in [0.1, 0.15) is 37.7 Å². The maximum absolute atomic E-state index is 12.4. The molecule has 1 aliphatic heterocycles. The highest BCUT2D eigenvalue weighted by Gasteiger charge is 2.49. The number of halogens is 1. The standard InChI is InChI=1S/C18H26N2O.ClH/c21-17(20-12-8-16-7-4-11-19-14-16)18(9-10-18)13-15-5-2-1-3-6-15;/h1-3,5-6,16,19H,4,7-14H2,(H,20,21);1H. The summed E-state index contributed by atoms with van der Waals surface area (Å²) < 4.78 is 0. The van der Waals surface area contributed by atoms with Crippen LogP contribution in [0.4, 0.5) is 0 Å². The second-order valence-corrected chi connectivity index (χ2v) is 6.70. The fourth-order valence-corrected chi connectivity index (χ4v) is 3.37. The Kier molecular flexibility index (Phi) is 6.27. The Balaban J connectivity index is 0.00000176. The number of hydrogen-bond donors (Lipinski definition) is 2. The molecule has 0 bridgehead atoms. The van der Waals surface area contributed by atoms with Crippen molar-refractivity contribution in [3.05, 3.63) is 35.9 Å². The molecule has 3 nitrogen and oxygen atoms in total. The van der Waals surface area contributed by atoms with Crippen molar-refractivity contribution in [1.29, 1.82) is 0 Å². The minimum atomic E-state index is -0.105. The van der Waals surface area contributed by atoms with Crippen LogP contribution < -0.4 is 10.6 Å². The van der Waals surface area contributed by atoms with E-state index in [-0.39, 0.29) is 23.7 Å². The maximum Gasteiger partial charge on any atom is 0.226 e. The van der Waals surface area contributed by atoms with E-state index < -0.39 is 0 Å². The van der Waals surface area contributed by atoms with Crippen molar-refractivity contribution < 1.29 is 4.79 Å². The van der Waals surface area contributed by atoms with Crippen molar-refractivity contribution in [3.63, 3.8) is 0 Å². The molecule has 0 spiro atoms. The molecule has 1 unspecified atom stereocenters. The van der Waals surface area contributed by atoms with Crippen molar-refractivity contribution in [3.8, 4) is 0 Å². The normalized spacial score (nSPS) is 22.5. The van der Waals surface area contributed by atoms with Gasteiger partial charge in [-0.3, -0.25) is 4.79 Å². The molecule has 1 aliphatic carbocycles. The van der Waals surface area contributed by atoms with Crippen LogP contribution in [0.3, 0.4) is 0 Å². The fraction of sp³-hybridized carbons (Fsp3) is 0.611. The molecule has 1 aromatic rings. The highest BCUT2D eigenvalue weighted by molar-refractivity contribution is 5.85. The third-order valence-corrected chi connectivity index (χ3v) is 4.96. The largest absolute Gasteiger partial charge is 0.356 e. The molecule has 4 heteroatoms. The molecule has 2 fully saturated rings. The average Bonchev–Trinajstić information content (AvgIpc) is 3.30. The first-order valence-corrected chi connectivity index (χ1v) is 8.31. The van der Waals surface area contributed by atoms with Crippen LogP contribution in [-0.2, 0) is 11.2 Å². The van der Waals surface area contributed by atoms with Gasteiger partial charge in [-0.2, -0.15) is 0 Å². The van der Waals surface area contributed by atoms with Gasteiger partial charge < -0.3 is 10.6 Å². The molecule has 122 valence electrons. The van der Waals surface area contributed by atoms with E-state index >= 15 is 0 Å². The molecule has 0 aromatic heterocycles. The minimum Gasteiger partial charge on any atom is -0.356 e. The molecule has 2 aliphatic rings. The number of carbonyl (C=O) groups excluding carboxylic acids is 1. The number of hydrogen-bond acceptors (Lipinski definition) is 2. The third kappa shape index (κ3) is 4.47. The number of amides is 1. The van der Waals surface area contributed by atoms with E-state index in [4.69, 9.17) is 0 Å². The SMILES string of the molecule is Cl.O=C(NCCC1CCCNC1)C1(Cc2ccccc2)CC1. The van der Waals surface area contributed by atoms with Crippen LogP contribution in [0.25, 0.3) is 0 Å². The van der Waals surface area contributed by atoms with E-state index in [1.807, 2.05) is 6.07 Å². The van der Waals surface area contributed by atoms with E-state index in [1.54, 1.807) is 0 Å². The maximum atomic E-state index is 12.4. The second-order valence-electron chi connectivity index (χ2n) is 6.70. The molecule has 1 atom stereocenters. The molecule has 1 saturated heterocycles. The van der Waals surface area contributed by atoms with Crippen molar-refractivity contribution in [1.82, 2.24) is 10.6 Å². The van der Waals surface area contributed by atoms with Gasteiger partial charge in [0.15, 0.2) is 0 Å². The van der Waals surface area contributed by atoms with Crippen LogP contribution >= 0.6 is 12.4 Å². The van der Waals surface area contributed by atoms with E-state index in [9.17, 15) is 4.79 Å². The quantitative estimate of drug-likeness (QED) is 0.845. The molecule has 3 rings (SSSR count). The summed E-state index contributed by atoms with van der Waals surface area (Å²) in [5.41, 5.74) is 1.17. The molecule has 2 N–H and O–H groups in total. The minimum absolute atomic E-state index is 0. The Bertz CT molecular complexity index is 467. The summed E-state index contributed by atoms with van der Waals surface area (Å²) in [6.45, 7) is 3.11. The van der Waals surface area contributed by atoms with Crippen LogP contribution in [0.15, 0.2) is 30.3 Å². The lowest BCUT2D eigenvalue weighted by molar-refractivity contribution is -0.126. The molecule has 1 amide bonds. The van der Waals surface area contributed by atoms with Gasteiger partial charge in [-0.25, -0.2) is 0 Å². The topological polar surface area (TPSA) is 41.1 Å². The van der Waals surface area contributed by atoms with Crippen molar-refractivity contribution in [2.45, 2.75) is 38.5 Å². The Morgan fingerprint density at radius 3 is 2.68 bits per heavy atom. The summed E-state index contributed by atoms with van der Waals surface area (Å²) in [4.78, 5) is 12.4. The zero-order valence-electron chi connectivity index (χ0n) is 13.1. The Morgan fingerprint density at radius 2 is 2.05 bits per heavy atom. The van der Waals surface area contributed by atoms with Gasteiger partial charge in [0, 0.05) is 6.54 Å². The van der Waals surface area contributed by atoms with Gasteiger partial charge >= 0.3 is 0 Å². The fourth-order valence-electron chi connectivity index (χ4n) is 3.37. The van der Waals surface area contributed by atoms with Crippen LogP contribution in [0.2, 0.25) is 0 Å². The van der Waals surface area contributed by atoms with Gasteiger partial charge in [-0.1, -0.05) is 30.3 Å². The molecule has 1 aromatic carbocycles. The molecular weight excluding hydrogens is 296 g/mol. The molecule has 22 heavy (non-hydrogen) atoms. The third-order valence-electron chi connectivity index (χ3n) is 4.96. The van der Waals surface area contributed by atoms with Crippen molar-refractivity contribution in [2.75, 3.05) is 19.6 Å². The zero-order chi connectivity index (χ0) is 14.5. The summed E-state index contributed by atoms with van der Waals surface area (Å²) in [5, 5.41) is 6.62. The summed E-state index contributed by atoms with van der Waals surface area (Å²) in [6.07, 6.45) is 6.66. The van der Waals surface area contributed by atoms with E-state index in [0.29, 0.717) is 0 Å². The highest BCUT2D eigenvalue weighted by Crippen LogP contribution is 2.48. The predicted molar refractivity (Wildman–Crippen MR) is 92.3 cm³/mol. The summed E-state index contributed by atoms with van der Waals surface area (Å²) in [5.74, 6) is 1.01. The van der Waals surface area contributed by atoms with Gasteiger partial charge in [-0.05, 0) is 63.1 Å². The van der Waals surface area contributed by atoms with E-state index in [0.717, 1.165) is 51.2 Å². The van der Waals surface area contributed by atoms with Gasteiger partial charge in [0.1, 0.15) is 0 Å². The first kappa shape index (κ1) is 17.3. The summed E-state index contributed by atoms with van der Waals surface area (Å²) >= 11 is 0. The van der Waals surface area contributed by atoms with Crippen molar-refractivity contribution in [2.24, 2.45) is 11.3 Å². The first-order valence-electron chi connectivity index (χ1n) is 8.31. The molecule has 1 heterocycles. The summed E-state index contributed by atoms with van der Waals surface area (Å²) in [7, 11) is 0. The Hall–Kier alpha value is -1.06. The Morgan fingerprint density at radius 1 is 1.27 bits per heavy atom. The zero-order valence-corrected chi connectivity index (χ0v) is 14.0. The van der Waals surface area contributed by atoms with E-state index in [2.05, 4.69) is 34.9 Å². The van der Waals surface area contributed by atoms with Crippen LogP contribution in [0.5, 0.6) is 0 Å². The first-order chi connectivity index (χ1) is 10.3. The van der Waals surface area contributed by atoms with E-state index in [1.165, 1.54) is 18.4 Å². The highest BCUT2D eigenvalue weighted by atomic mass is 35.5. The lowest BCUT2D eigenvalue weighted by atomic mass is 9.94.